The highest BCUT2D eigenvalue weighted by Crippen LogP contribution is 2.23. The Morgan fingerprint density at radius 3 is 2.81 bits per heavy atom. The largest absolute Gasteiger partial charge is 0.478 e. The zero-order valence-corrected chi connectivity index (χ0v) is 10.8. The van der Waals surface area contributed by atoms with E-state index in [2.05, 4.69) is 27.7 Å². The minimum absolute atomic E-state index is 0.0590. The number of rotatable bonds is 2. The summed E-state index contributed by atoms with van der Waals surface area (Å²) in [7, 11) is 0. The third kappa shape index (κ3) is 2.05. The molecule has 0 aliphatic carbocycles. The molecule has 16 heavy (non-hydrogen) atoms. The molecule has 1 aromatic heterocycles. The zero-order chi connectivity index (χ0) is 11.7. The summed E-state index contributed by atoms with van der Waals surface area (Å²) < 4.78 is 2.42. The second kappa shape index (κ2) is 4.42. The summed E-state index contributed by atoms with van der Waals surface area (Å²) >= 11 is 7.96. The number of carboxylic acids is 1. The van der Waals surface area contributed by atoms with E-state index >= 15 is 0 Å². The number of nitrogens with zero attached hydrogens (tertiary/aromatic N) is 2. The molecular weight excluding hydrogens is 342 g/mol. The maximum atomic E-state index is 11.1. The lowest BCUT2D eigenvalue weighted by molar-refractivity contribution is 0.0697. The van der Waals surface area contributed by atoms with Gasteiger partial charge in [-0.1, -0.05) is 17.7 Å². The van der Waals surface area contributed by atoms with Crippen molar-refractivity contribution in [3.05, 3.63) is 44.7 Å². The SMILES string of the molecule is O=C(O)c1c(Cl)cccc1-n1cc(I)cn1. The van der Waals surface area contributed by atoms with Crippen molar-refractivity contribution in [1.82, 2.24) is 9.78 Å². The maximum absolute atomic E-state index is 11.1. The van der Waals surface area contributed by atoms with Crippen molar-refractivity contribution in [3.63, 3.8) is 0 Å². The molecule has 0 saturated carbocycles. The first kappa shape index (κ1) is 11.4. The highest BCUT2D eigenvalue weighted by atomic mass is 127. The first-order chi connectivity index (χ1) is 7.59. The van der Waals surface area contributed by atoms with Gasteiger partial charge in [0.15, 0.2) is 0 Å². The van der Waals surface area contributed by atoms with E-state index in [1.807, 2.05) is 0 Å². The molecule has 0 radical (unpaired) electrons. The number of hydrogen-bond donors (Lipinski definition) is 1. The Balaban J connectivity index is 2.65. The highest BCUT2D eigenvalue weighted by Gasteiger charge is 2.15. The number of carboxylic acid groups (broad SMARTS) is 1. The summed E-state index contributed by atoms with van der Waals surface area (Å²) in [6.07, 6.45) is 3.38. The van der Waals surface area contributed by atoms with Gasteiger partial charge in [0.2, 0.25) is 0 Å². The van der Waals surface area contributed by atoms with Crippen molar-refractivity contribution in [2.75, 3.05) is 0 Å². The average molecular weight is 349 g/mol. The van der Waals surface area contributed by atoms with E-state index in [1.165, 1.54) is 4.68 Å². The molecule has 0 fully saturated rings. The van der Waals surface area contributed by atoms with Crippen molar-refractivity contribution in [1.29, 1.82) is 0 Å². The van der Waals surface area contributed by atoms with Crippen LogP contribution in [0.5, 0.6) is 0 Å². The highest BCUT2D eigenvalue weighted by molar-refractivity contribution is 14.1. The molecule has 1 heterocycles. The maximum Gasteiger partial charge on any atom is 0.339 e. The van der Waals surface area contributed by atoms with Crippen LogP contribution >= 0.6 is 34.2 Å². The second-order valence-corrected chi connectivity index (χ2v) is 4.70. The van der Waals surface area contributed by atoms with Gasteiger partial charge >= 0.3 is 5.97 Å². The third-order valence-electron chi connectivity index (χ3n) is 2.00. The number of aromatic nitrogens is 2. The van der Waals surface area contributed by atoms with Crippen molar-refractivity contribution >= 4 is 40.2 Å². The van der Waals surface area contributed by atoms with Gasteiger partial charge < -0.3 is 5.11 Å². The first-order valence-electron chi connectivity index (χ1n) is 4.32. The van der Waals surface area contributed by atoms with Gasteiger partial charge in [0.05, 0.1) is 20.5 Å². The second-order valence-electron chi connectivity index (χ2n) is 3.04. The van der Waals surface area contributed by atoms with Crippen LogP contribution in [0.1, 0.15) is 10.4 Å². The Morgan fingerprint density at radius 2 is 2.25 bits per heavy atom. The fourth-order valence-corrected chi connectivity index (χ4v) is 1.99. The van der Waals surface area contributed by atoms with Crippen molar-refractivity contribution in [2.24, 2.45) is 0 Å². The summed E-state index contributed by atoms with van der Waals surface area (Å²) in [6.45, 7) is 0. The minimum atomic E-state index is -1.06. The average Bonchev–Trinajstić information content (AvgIpc) is 2.63. The molecule has 1 aromatic carbocycles. The monoisotopic (exact) mass is 348 g/mol. The standard InChI is InChI=1S/C10H6ClIN2O2/c11-7-2-1-3-8(9(7)10(15)16)14-5-6(12)4-13-14/h1-5H,(H,15,16). The van der Waals surface area contributed by atoms with E-state index in [1.54, 1.807) is 30.6 Å². The first-order valence-corrected chi connectivity index (χ1v) is 5.77. The molecule has 2 rings (SSSR count). The summed E-state index contributed by atoms with van der Waals surface area (Å²) in [5.41, 5.74) is 0.520. The fraction of sp³-hybridized carbons (Fsp3) is 0. The van der Waals surface area contributed by atoms with Crippen LogP contribution < -0.4 is 0 Å². The van der Waals surface area contributed by atoms with E-state index in [0.717, 1.165) is 3.57 Å². The fourth-order valence-electron chi connectivity index (χ4n) is 1.35. The van der Waals surface area contributed by atoms with Gasteiger partial charge in [-0.25, -0.2) is 9.48 Å². The summed E-state index contributed by atoms with van der Waals surface area (Å²) in [6, 6.07) is 4.90. The molecule has 6 heteroatoms. The number of benzene rings is 1. The molecule has 0 bridgehead atoms. The molecular formula is C10H6ClIN2O2. The van der Waals surface area contributed by atoms with Crippen LogP contribution in [-0.2, 0) is 0 Å². The van der Waals surface area contributed by atoms with E-state index in [4.69, 9.17) is 16.7 Å². The molecule has 0 atom stereocenters. The molecule has 0 amide bonds. The quantitative estimate of drug-likeness (QED) is 0.849. The lowest BCUT2D eigenvalue weighted by Gasteiger charge is -2.07. The van der Waals surface area contributed by atoms with Gasteiger partial charge in [-0.05, 0) is 34.7 Å². The Labute approximate surface area is 110 Å². The molecule has 0 aliphatic heterocycles. The molecule has 2 aromatic rings. The number of halogens is 2. The van der Waals surface area contributed by atoms with Crippen molar-refractivity contribution < 1.29 is 9.90 Å². The van der Waals surface area contributed by atoms with Crippen LogP contribution in [0.4, 0.5) is 0 Å². The van der Waals surface area contributed by atoms with Crippen molar-refractivity contribution in [3.8, 4) is 5.69 Å². The lowest BCUT2D eigenvalue weighted by atomic mass is 10.2. The Bertz CT molecular complexity index is 554. The van der Waals surface area contributed by atoms with Gasteiger partial charge in [0.25, 0.3) is 0 Å². The van der Waals surface area contributed by atoms with Crippen LogP contribution in [0.15, 0.2) is 30.6 Å². The predicted molar refractivity (Wildman–Crippen MR) is 68.3 cm³/mol. The topological polar surface area (TPSA) is 55.1 Å². The smallest absolute Gasteiger partial charge is 0.339 e. The summed E-state index contributed by atoms with van der Waals surface area (Å²) in [5, 5.41) is 13.3. The molecule has 0 aliphatic rings. The van der Waals surface area contributed by atoms with Crippen molar-refractivity contribution in [2.45, 2.75) is 0 Å². The molecule has 82 valence electrons. The summed E-state index contributed by atoms with van der Waals surface area (Å²) in [5.74, 6) is -1.06. The summed E-state index contributed by atoms with van der Waals surface area (Å²) in [4.78, 5) is 11.1. The molecule has 0 unspecified atom stereocenters. The Kier molecular flexibility index (Phi) is 3.15. The van der Waals surface area contributed by atoms with E-state index in [-0.39, 0.29) is 10.6 Å². The lowest BCUT2D eigenvalue weighted by Crippen LogP contribution is -2.06. The molecule has 0 spiro atoms. The van der Waals surface area contributed by atoms with Crippen LogP contribution in [-0.4, -0.2) is 20.9 Å². The minimum Gasteiger partial charge on any atom is -0.478 e. The number of aromatic carboxylic acids is 1. The van der Waals surface area contributed by atoms with Gasteiger partial charge in [-0.15, -0.1) is 0 Å². The van der Waals surface area contributed by atoms with Gasteiger partial charge in [0, 0.05) is 6.20 Å². The van der Waals surface area contributed by atoms with E-state index in [9.17, 15) is 4.79 Å². The third-order valence-corrected chi connectivity index (χ3v) is 2.88. The Morgan fingerprint density at radius 1 is 1.50 bits per heavy atom. The van der Waals surface area contributed by atoms with Gasteiger partial charge in [-0.2, -0.15) is 5.10 Å². The predicted octanol–water partition coefficient (Wildman–Crippen LogP) is 2.83. The number of hydrogen-bond acceptors (Lipinski definition) is 2. The van der Waals surface area contributed by atoms with Crippen LogP contribution in [0.25, 0.3) is 5.69 Å². The van der Waals surface area contributed by atoms with Crippen LogP contribution in [0, 0.1) is 3.57 Å². The van der Waals surface area contributed by atoms with Gasteiger partial charge in [-0.3, -0.25) is 0 Å². The van der Waals surface area contributed by atoms with E-state index < -0.39 is 5.97 Å². The Hall–Kier alpha value is -1.08. The molecule has 4 nitrogen and oxygen atoms in total. The van der Waals surface area contributed by atoms with Gasteiger partial charge in [0.1, 0.15) is 5.56 Å². The molecule has 1 N–H and O–H groups in total. The number of carbonyl (C=O) groups is 1. The van der Waals surface area contributed by atoms with Crippen LogP contribution in [0.3, 0.4) is 0 Å². The van der Waals surface area contributed by atoms with Crippen LogP contribution in [0.2, 0.25) is 5.02 Å². The molecule has 0 saturated heterocycles. The normalized spacial score (nSPS) is 10.4. The van der Waals surface area contributed by atoms with E-state index in [0.29, 0.717) is 5.69 Å². The zero-order valence-electron chi connectivity index (χ0n) is 7.89.